The van der Waals surface area contributed by atoms with Crippen molar-refractivity contribution in [3.05, 3.63) is 58.0 Å². The first-order valence-corrected chi connectivity index (χ1v) is 10.2. The normalized spacial score (nSPS) is 19.5. The van der Waals surface area contributed by atoms with Gasteiger partial charge < -0.3 is 15.5 Å². The fourth-order valence-electron chi connectivity index (χ4n) is 4.69. The minimum absolute atomic E-state index is 0.0842. The molecule has 3 N–H and O–H groups in total. The van der Waals surface area contributed by atoms with Gasteiger partial charge in [0.2, 0.25) is 0 Å². The minimum atomic E-state index is -5.18. The molecule has 4 rings (SSSR count). The van der Waals surface area contributed by atoms with E-state index in [0.29, 0.717) is 0 Å². The largest absolute Gasteiger partial charge is 0.505 e. The van der Waals surface area contributed by atoms with Crippen molar-refractivity contribution in [2.45, 2.75) is 50.9 Å². The van der Waals surface area contributed by atoms with E-state index in [9.17, 15) is 37.4 Å². The molecule has 2 atom stereocenters. The molecule has 2 unspecified atom stereocenters. The summed E-state index contributed by atoms with van der Waals surface area (Å²) in [5.41, 5.74) is -5.20. The standard InChI is InChI=1S/C23H19F5N4O2/c1-9-30-8-11-13(5-4-12(24)19(11)31-9)32-20-14(33)6-22(2,3)17-15(20)16(23(26,27)28)10(7-29)18(25)21(17)34/h4-5,8,14,20,32-34H,6H2,1-3H3. The second-order valence-electron chi connectivity index (χ2n) is 8.86. The maximum absolute atomic E-state index is 14.8. The van der Waals surface area contributed by atoms with E-state index in [0.717, 1.165) is 6.07 Å². The lowest BCUT2D eigenvalue weighted by atomic mass is 9.67. The molecule has 2 aromatic carbocycles. The Labute approximate surface area is 190 Å². The number of halogens is 5. The second kappa shape index (κ2) is 7.77. The number of nitrogens with zero attached hydrogens (tertiary/aromatic N) is 3. The molecule has 1 aromatic heterocycles. The fourth-order valence-corrected chi connectivity index (χ4v) is 4.69. The van der Waals surface area contributed by atoms with Gasteiger partial charge in [0, 0.05) is 22.8 Å². The molecule has 178 valence electrons. The lowest BCUT2D eigenvalue weighted by Crippen LogP contribution is -2.41. The van der Waals surface area contributed by atoms with Crippen LogP contribution in [-0.2, 0) is 11.6 Å². The first-order valence-electron chi connectivity index (χ1n) is 10.2. The Kier molecular flexibility index (Phi) is 5.40. The molecule has 3 aromatic rings. The van der Waals surface area contributed by atoms with Crippen LogP contribution in [0.3, 0.4) is 0 Å². The smallest absolute Gasteiger partial charge is 0.418 e. The van der Waals surface area contributed by atoms with Gasteiger partial charge in [-0.3, -0.25) is 0 Å². The van der Waals surface area contributed by atoms with Crippen LogP contribution in [0.4, 0.5) is 27.6 Å². The summed E-state index contributed by atoms with van der Waals surface area (Å²) in [6.07, 6.45) is -5.47. The Balaban J connectivity index is 2.03. The summed E-state index contributed by atoms with van der Waals surface area (Å²) in [7, 11) is 0. The van der Waals surface area contributed by atoms with Gasteiger partial charge in [-0.2, -0.15) is 18.4 Å². The number of phenolic OH excluding ortho intramolecular Hbond substituents is 1. The first kappa shape index (κ1) is 23.6. The summed E-state index contributed by atoms with van der Waals surface area (Å²) in [5.74, 6) is -3.16. The summed E-state index contributed by atoms with van der Waals surface area (Å²) in [4.78, 5) is 8.03. The van der Waals surface area contributed by atoms with Crippen molar-refractivity contribution < 1.29 is 32.2 Å². The van der Waals surface area contributed by atoms with Crippen LogP contribution in [0.1, 0.15) is 54.4 Å². The topological polar surface area (TPSA) is 102 Å². The molecule has 0 fully saturated rings. The van der Waals surface area contributed by atoms with Crippen molar-refractivity contribution in [2.75, 3.05) is 5.32 Å². The van der Waals surface area contributed by atoms with Gasteiger partial charge in [-0.25, -0.2) is 18.7 Å². The molecule has 1 heterocycles. The number of nitriles is 1. The number of fused-ring (bicyclic) bond motifs is 2. The fraction of sp³-hybridized carbons (Fsp3) is 0.348. The van der Waals surface area contributed by atoms with Crippen molar-refractivity contribution in [3.8, 4) is 11.8 Å². The number of alkyl halides is 3. The number of aromatic nitrogens is 2. The molecule has 0 amide bonds. The zero-order valence-electron chi connectivity index (χ0n) is 18.2. The van der Waals surface area contributed by atoms with Crippen LogP contribution in [0.25, 0.3) is 10.9 Å². The van der Waals surface area contributed by atoms with Crippen LogP contribution >= 0.6 is 0 Å². The molecular weight excluding hydrogens is 459 g/mol. The number of rotatable bonds is 2. The quantitative estimate of drug-likeness (QED) is 0.448. The predicted octanol–water partition coefficient (Wildman–Crippen LogP) is 5.01. The number of nitrogens with one attached hydrogen (secondary N) is 1. The average Bonchev–Trinajstić information content (AvgIpc) is 2.73. The highest BCUT2D eigenvalue weighted by molar-refractivity contribution is 5.91. The molecule has 0 aliphatic heterocycles. The number of benzene rings is 2. The Morgan fingerprint density at radius 1 is 1.24 bits per heavy atom. The van der Waals surface area contributed by atoms with E-state index in [1.54, 1.807) is 6.92 Å². The van der Waals surface area contributed by atoms with E-state index in [1.165, 1.54) is 32.2 Å². The SMILES string of the molecule is Cc1ncc2c(NC3c4c(C(F)(F)F)c(C#N)c(F)c(O)c4C(C)(C)CC3O)ccc(F)c2n1. The molecule has 34 heavy (non-hydrogen) atoms. The maximum atomic E-state index is 14.8. The van der Waals surface area contributed by atoms with Crippen LogP contribution in [0.5, 0.6) is 5.75 Å². The number of aliphatic hydroxyl groups excluding tert-OH is 1. The number of aryl methyl sites for hydroxylation is 1. The number of hydrogen-bond acceptors (Lipinski definition) is 6. The highest BCUT2D eigenvalue weighted by Crippen LogP contribution is 2.53. The summed E-state index contributed by atoms with van der Waals surface area (Å²) >= 11 is 0. The third kappa shape index (κ3) is 3.58. The van der Waals surface area contributed by atoms with Crippen molar-refractivity contribution in [3.63, 3.8) is 0 Å². The lowest BCUT2D eigenvalue weighted by Gasteiger charge is -2.43. The summed E-state index contributed by atoms with van der Waals surface area (Å²) < 4.78 is 71.7. The van der Waals surface area contributed by atoms with Crippen molar-refractivity contribution in [1.82, 2.24) is 9.97 Å². The Hall–Kier alpha value is -3.52. The highest BCUT2D eigenvalue weighted by atomic mass is 19.4. The molecule has 1 aliphatic carbocycles. The molecule has 11 heteroatoms. The van der Waals surface area contributed by atoms with E-state index in [2.05, 4.69) is 15.3 Å². The van der Waals surface area contributed by atoms with Gasteiger partial charge in [-0.05, 0) is 36.5 Å². The summed E-state index contributed by atoms with van der Waals surface area (Å²) in [5, 5.41) is 33.7. The summed E-state index contributed by atoms with van der Waals surface area (Å²) in [6, 6.07) is 1.99. The number of hydrogen-bond donors (Lipinski definition) is 3. The molecule has 0 saturated carbocycles. The molecule has 1 aliphatic rings. The van der Waals surface area contributed by atoms with Crippen LogP contribution in [0.2, 0.25) is 0 Å². The van der Waals surface area contributed by atoms with Gasteiger partial charge >= 0.3 is 6.18 Å². The second-order valence-corrected chi connectivity index (χ2v) is 8.86. The van der Waals surface area contributed by atoms with E-state index in [-0.39, 0.29) is 34.4 Å². The van der Waals surface area contributed by atoms with Gasteiger partial charge in [0.15, 0.2) is 11.6 Å². The Morgan fingerprint density at radius 2 is 1.91 bits per heavy atom. The minimum Gasteiger partial charge on any atom is -0.505 e. The zero-order valence-corrected chi connectivity index (χ0v) is 18.2. The third-order valence-electron chi connectivity index (χ3n) is 6.07. The first-order chi connectivity index (χ1) is 15.8. The molecule has 0 spiro atoms. The lowest BCUT2D eigenvalue weighted by molar-refractivity contribution is -0.139. The van der Waals surface area contributed by atoms with E-state index in [1.807, 2.05) is 0 Å². The maximum Gasteiger partial charge on any atom is 0.418 e. The van der Waals surface area contributed by atoms with Gasteiger partial charge in [-0.1, -0.05) is 13.8 Å². The van der Waals surface area contributed by atoms with Crippen LogP contribution in [0.15, 0.2) is 18.3 Å². The van der Waals surface area contributed by atoms with Crippen molar-refractivity contribution in [1.29, 1.82) is 5.26 Å². The van der Waals surface area contributed by atoms with Gasteiger partial charge in [-0.15, -0.1) is 0 Å². The number of phenols is 1. The zero-order chi connectivity index (χ0) is 25.2. The van der Waals surface area contributed by atoms with E-state index >= 15 is 0 Å². The van der Waals surface area contributed by atoms with Crippen LogP contribution < -0.4 is 5.32 Å². The monoisotopic (exact) mass is 478 g/mol. The third-order valence-corrected chi connectivity index (χ3v) is 6.07. The van der Waals surface area contributed by atoms with Crippen LogP contribution in [-0.4, -0.2) is 26.3 Å². The van der Waals surface area contributed by atoms with Gasteiger partial charge in [0.05, 0.1) is 17.7 Å². The molecule has 6 nitrogen and oxygen atoms in total. The van der Waals surface area contributed by atoms with E-state index in [4.69, 9.17) is 0 Å². The molecular formula is C23H19F5N4O2. The Morgan fingerprint density at radius 3 is 2.53 bits per heavy atom. The number of anilines is 1. The Bertz CT molecular complexity index is 1360. The van der Waals surface area contributed by atoms with Gasteiger partial charge in [0.1, 0.15) is 28.8 Å². The molecule has 0 bridgehead atoms. The van der Waals surface area contributed by atoms with E-state index < -0.39 is 57.8 Å². The van der Waals surface area contributed by atoms with Crippen LogP contribution in [0, 0.1) is 29.9 Å². The molecule has 0 saturated heterocycles. The number of aliphatic hydroxyl groups is 1. The number of aromatic hydroxyl groups is 1. The average molecular weight is 478 g/mol. The summed E-state index contributed by atoms with van der Waals surface area (Å²) in [6.45, 7) is 4.46. The van der Waals surface area contributed by atoms with Crippen molar-refractivity contribution in [2.24, 2.45) is 0 Å². The van der Waals surface area contributed by atoms with Gasteiger partial charge in [0.25, 0.3) is 0 Å². The predicted molar refractivity (Wildman–Crippen MR) is 112 cm³/mol. The molecule has 0 radical (unpaired) electrons. The highest BCUT2D eigenvalue weighted by Gasteiger charge is 2.50. The van der Waals surface area contributed by atoms with Crippen molar-refractivity contribution >= 4 is 16.6 Å².